The van der Waals surface area contributed by atoms with Crippen molar-refractivity contribution in [3.05, 3.63) is 12.2 Å². The summed E-state index contributed by atoms with van der Waals surface area (Å²) in [6.45, 7) is 4.81. The van der Waals surface area contributed by atoms with Gasteiger partial charge in [0.05, 0.1) is 12.5 Å². The number of hydrogen-bond acceptors (Lipinski definition) is 4. The van der Waals surface area contributed by atoms with E-state index < -0.39 is 23.8 Å². The van der Waals surface area contributed by atoms with Gasteiger partial charge < -0.3 is 14.9 Å². The van der Waals surface area contributed by atoms with Crippen LogP contribution in [0.5, 0.6) is 0 Å². The maximum atomic E-state index is 11.0. The summed E-state index contributed by atoms with van der Waals surface area (Å²) in [5, 5.41) is 17.3. The largest absolute Gasteiger partial charge is 0.481 e. The van der Waals surface area contributed by atoms with Gasteiger partial charge in [0.15, 0.2) is 0 Å². The molecule has 0 aliphatic carbocycles. The van der Waals surface area contributed by atoms with Gasteiger partial charge >= 0.3 is 17.9 Å². The van der Waals surface area contributed by atoms with E-state index in [0.29, 0.717) is 0 Å². The highest BCUT2D eigenvalue weighted by atomic mass is 16.5. The Morgan fingerprint density at radius 3 is 2.24 bits per heavy atom. The van der Waals surface area contributed by atoms with Gasteiger partial charge in [-0.1, -0.05) is 6.58 Å². The van der Waals surface area contributed by atoms with Crippen LogP contribution >= 0.6 is 0 Å². The highest BCUT2D eigenvalue weighted by molar-refractivity contribution is 5.86. The standard InChI is InChI=1S/C11H16O6/c1-7(2)11(16)17-6-5-8(10(14)15)3-4-9(12)13/h8H,1,3-6H2,2H3,(H,12,13)(H,14,15). The van der Waals surface area contributed by atoms with Gasteiger partial charge in [-0.05, 0) is 19.8 Å². The Kier molecular flexibility index (Phi) is 6.62. The third kappa shape index (κ3) is 7.10. The lowest BCUT2D eigenvalue weighted by atomic mass is 10.0. The maximum Gasteiger partial charge on any atom is 0.333 e. The van der Waals surface area contributed by atoms with E-state index in [1.54, 1.807) is 0 Å². The van der Waals surface area contributed by atoms with Crippen molar-refractivity contribution in [2.75, 3.05) is 6.61 Å². The van der Waals surface area contributed by atoms with E-state index in [1.807, 2.05) is 0 Å². The molecule has 0 saturated heterocycles. The zero-order valence-electron chi connectivity index (χ0n) is 9.64. The quantitative estimate of drug-likeness (QED) is 0.489. The van der Waals surface area contributed by atoms with Gasteiger partial charge in [0.1, 0.15) is 0 Å². The van der Waals surface area contributed by atoms with E-state index in [-0.39, 0.29) is 31.4 Å². The maximum absolute atomic E-state index is 11.0. The second kappa shape index (κ2) is 7.43. The van der Waals surface area contributed by atoms with Crippen LogP contribution in [0.15, 0.2) is 12.2 Å². The molecule has 1 atom stereocenters. The Morgan fingerprint density at radius 1 is 1.24 bits per heavy atom. The molecule has 17 heavy (non-hydrogen) atoms. The lowest BCUT2D eigenvalue weighted by Crippen LogP contribution is -2.18. The summed E-state index contributed by atoms with van der Waals surface area (Å²) >= 11 is 0. The minimum atomic E-state index is -1.09. The molecule has 0 heterocycles. The highest BCUT2D eigenvalue weighted by Crippen LogP contribution is 2.12. The van der Waals surface area contributed by atoms with Crippen LogP contribution < -0.4 is 0 Å². The third-order valence-corrected chi connectivity index (χ3v) is 2.10. The molecule has 0 aromatic carbocycles. The first kappa shape index (κ1) is 15.2. The molecule has 0 aliphatic rings. The fraction of sp³-hybridized carbons (Fsp3) is 0.545. The predicted octanol–water partition coefficient (Wildman–Crippen LogP) is 1.06. The first-order valence-corrected chi connectivity index (χ1v) is 5.11. The van der Waals surface area contributed by atoms with Crippen LogP contribution in [0.3, 0.4) is 0 Å². The van der Waals surface area contributed by atoms with Gasteiger partial charge in [0.25, 0.3) is 0 Å². The molecule has 0 aromatic heterocycles. The van der Waals surface area contributed by atoms with E-state index in [9.17, 15) is 14.4 Å². The molecule has 6 heteroatoms. The van der Waals surface area contributed by atoms with Gasteiger partial charge in [-0.3, -0.25) is 9.59 Å². The number of esters is 1. The Balaban J connectivity index is 4.01. The molecule has 0 radical (unpaired) electrons. The van der Waals surface area contributed by atoms with Crippen LogP contribution in [0, 0.1) is 5.92 Å². The predicted molar refractivity (Wildman–Crippen MR) is 58.4 cm³/mol. The van der Waals surface area contributed by atoms with Crippen molar-refractivity contribution < 1.29 is 29.3 Å². The average Bonchev–Trinajstić information content (AvgIpc) is 2.21. The van der Waals surface area contributed by atoms with Crippen molar-refractivity contribution in [3.8, 4) is 0 Å². The van der Waals surface area contributed by atoms with Gasteiger partial charge in [-0.25, -0.2) is 4.79 Å². The molecular weight excluding hydrogens is 228 g/mol. The molecule has 1 unspecified atom stereocenters. The summed E-state index contributed by atoms with van der Waals surface area (Å²) in [6, 6.07) is 0. The fourth-order valence-electron chi connectivity index (χ4n) is 1.11. The van der Waals surface area contributed by atoms with E-state index in [0.717, 1.165) is 0 Å². The Morgan fingerprint density at radius 2 is 1.82 bits per heavy atom. The van der Waals surface area contributed by atoms with Crippen molar-refractivity contribution >= 4 is 17.9 Å². The number of hydrogen-bond donors (Lipinski definition) is 2. The topological polar surface area (TPSA) is 101 Å². The fourth-order valence-corrected chi connectivity index (χ4v) is 1.11. The number of ether oxygens (including phenoxy) is 1. The number of carboxylic acids is 2. The van der Waals surface area contributed by atoms with Crippen LogP contribution in [-0.4, -0.2) is 34.7 Å². The molecule has 0 amide bonds. The molecule has 0 aliphatic heterocycles. The minimum Gasteiger partial charge on any atom is -0.481 e. The molecule has 0 bridgehead atoms. The molecule has 0 saturated carbocycles. The second-order valence-corrected chi connectivity index (χ2v) is 3.67. The second-order valence-electron chi connectivity index (χ2n) is 3.67. The van der Waals surface area contributed by atoms with E-state index in [2.05, 4.69) is 6.58 Å². The summed E-state index contributed by atoms with van der Waals surface area (Å²) in [5.74, 6) is -3.52. The SMILES string of the molecule is C=C(C)C(=O)OCCC(CCC(=O)O)C(=O)O. The number of carboxylic acid groups (broad SMARTS) is 2. The first-order valence-electron chi connectivity index (χ1n) is 5.11. The average molecular weight is 244 g/mol. The van der Waals surface area contributed by atoms with Gasteiger partial charge in [-0.15, -0.1) is 0 Å². The van der Waals surface area contributed by atoms with E-state index in [4.69, 9.17) is 14.9 Å². The molecule has 96 valence electrons. The molecule has 2 N–H and O–H groups in total. The van der Waals surface area contributed by atoms with Gasteiger partial charge in [0.2, 0.25) is 0 Å². The van der Waals surface area contributed by atoms with Crippen LogP contribution in [0.1, 0.15) is 26.2 Å². The lowest BCUT2D eigenvalue weighted by molar-refractivity contribution is -0.146. The molecule has 6 nitrogen and oxygen atoms in total. The third-order valence-electron chi connectivity index (χ3n) is 2.10. The summed E-state index contributed by atoms with van der Waals surface area (Å²) < 4.78 is 4.74. The minimum absolute atomic E-state index is 0.0231. The van der Waals surface area contributed by atoms with Gasteiger partial charge in [0, 0.05) is 12.0 Å². The smallest absolute Gasteiger partial charge is 0.333 e. The number of aliphatic carboxylic acids is 2. The van der Waals surface area contributed by atoms with Crippen LogP contribution in [0.25, 0.3) is 0 Å². The van der Waals surface area contributed by atoms with Crippen molar-refractivity contribution in [3.63, 3.8) is 0 Å². The number of carbonyl (C=O) groups is 3. The van der Waals surface area contributed by atoms with E-state index >= 15 is 0 Å². The van der Waals surface area contributed by atoms with Gasteiger partial charge in [-0.2, -0.15) is 0 Å². The Hall–Kier alpha value is -1.85. The highest BCUT2D eigenvalue weighted by Gasteiger charge is 2.19. The molecule has 0 aromatic rings. The summed E-state index contributed by atoms with van der Waals surface area (Å²) in [6.07, 6.45) is -0.0949. The molecule has 0 spiro atoms. The molecule has 0 rings (SSSR count). The summed E-state index contributed by atoms with van der Waals surface area (Å²) in [5.41, 5.74) is 0.238. The van der Waals surface area contributed by atoms with Crippen LogP contribution in [-0.2, 0) is 19.1 Å². The molecule has 0 fully saturated rings. The normalized spacial score (nSPS) is 11.6. The number of rotatable bonds is 8. The Bertz CT molecular complexity index is 320. The lowest BCUT2D eigenvalue weighted by Gasteiger charge is -2.11. The van der Waals surface area contributed by atoms with Crippen LogP contribution in [0.2, 0.25) is 0 Å². The van der Waals surface area contributed by atoms with Crippen molar-refractivity contribution in [2.24, 2.45) is 5.92 Å². The first-order chi connectivity index (χ1) is 7.84. The molecular formula is C11H16O6. The van der Waals surface area contributed by atoms with Crippen LogP contribution in [0.4, 0.5) is 0 Å². The monoisotopic (exact) mass is 244 g/mol. The van der Waals surface area contributed by atoms with Crippen molar-refractivity contribution in [1.29, 1.82) is 0 Å². The summed E-state index contributed by atoms with van der Waals surface area (Å²) in [4.78, 5) is 32.1. The van der Waals surface area contributed by atoms with Crippen molar-refractivity contribution in [2.45, 2.75) is 26.2 Å². The Labute approximate surface area is 98.9 Å². The van der Waals surface area contributed by atoms with Crippen molar-refractivity contribution in [1.82, 2.24) is 0 Å². The number of carbonyl (C=O) groups excluding carboxylic acids is 1. The zero-order valence-corrected chi connectivity index (χ0v) is 9.64. The zero-order chi connectivity index (χ0) is 13.4. The van der Waals surface area contributed by atoms with E-state index in [1.165, 1.54) is 6.92 Å². The summed E-state index contributed by atoms with van der Waals surface area (Å²) in [7, 11) is 0.